The first-order valence-electron chi connectivity index (χ1n) is 5.18. The van der Waals surface area contributed by atoms with Crippen molar-refractivity contribution in [1.82, 2.24) is 14.4 Å². The zero-order chi connectivity index (χ0) is 11.3. The lowest BCUT2D eigenvalue weighted by Gasteiger charge is -2.10. The monoisotopic (exact) mass is 217 g/mol. The summed E-state index contributed by atoms with van der Waals surface area (Å²) >= 11 is 0. The number of carboxylic acids is 1. The molecule has 0 aromatic carbocycles. The fourth-order valence-electron chi connectivity index (χ4n) is 1.93. The van der Waals surface area contributed by atoms with E-state index in [1.54, 1.807) is 16.8 Å². The van der Waals surface area contributed by atoms with Crippen LogP contribution in [-0.2, 0) is 5.41 Å². The standard InChI is InChI=1S/C11H11N3O2/c1-11(3-4-11)8-2-5-12-10-13-7(9(15)16)6-14(8)10/h2,5-6H,3-4H2,1H3,(H,15,16). The Morgan fingerprint density at radius 3 is 2.94 bits per heavy atom. The Hall–Kier alpha value is -1.91. The van der Waals surface area contributed by atoms with Gasteiger partial charge in [0.2, 0.25) is 5.78 Å². The van der Waals surface area contributed by atoms with Gasteiger partial charge in [-0.05, 0) is 18.9 Å². The SMILES string of the molecule is CC1(c2ccnc3nc(C(=O)O)cn23)CC1. The largest absolute Gasteiger partial charge is 0.476 e. The molecule has 3 rings (SSSR count). The van der Waals surface area contributed by atoms with Crippen LogP contribution in [0.15, 0.2) is 18.5 Å². The minimum Gasteiger partial charge on any atom is -0.476 e. The highest BCUT2D eigenvalue weighted by atomic mass is 16.4. The summed E-state index contributed by atoms with van der Waals surface area (Å²) in [6.07, 6.45) is 5.50. The van der Waals surface area contributed by atoms with Gasteiger partial charge in [0.15, 0.2) is 5.69 Å². The number of carbonyl (C=O) groups is 1. The Labute approximate surface area is 91.8 Å². The third-order valence-corrected chi connectivity index (χ3v) is 3.21. The smallest absolute Gasteiger partial charge is 0.356 e. The number of nitrogens with zero attached hydrogens (tertiary/aromatic N) is 3. The van der Waals surface area contributed by atoms with Gasteiger partial charge in [0, 0.05) is 23.5 Å². The van der Waals surface area contributed by atoms with E-state index in [9.17, 15) is 4.79 Å². The molecule has 5 nitrogen and oxygen atoms in total. The maximum atomic E-state index is 10.8. The van der Waals surface area contributed by atoms with Crippen molar-refractivity contribution >= 4 is 11.7 Å². The number of rotatable bonds is 2. The van der Waals surface area contributed by atoms with E-state index in [-0.39, 0.29) is 11.1 Å². The van der Waals surface area contributed by atoms with Crippen molar-refractivity contribution in [3.63, 3.8) is 0 Å². The topological polar surface area (TPSA) is 67.5 Å². The average Bonchev–Trinajstić information content (AvgIpc) is 2.84. The summed E-state index contributed by atoms with van der Waals surface area (Å²) in [5, 5.41) is 8.89. The third-order valence-electron chi connectivity index (χ3n) is 3.21. The van der Waals surface area contributed by atoms with Crippen molar-refractivity contribution in [2.45, 2.75) is 25.2 Å². The molecule has 82 valence electrons. The highest BCUT2D eigenvalue weighted by molar-refractivity contribution is 5.85. The first-order chi connectivity index (χ1) is 7.60. The van der Waals surface area contributed by atoms with Gasteiger partial charge in [0.25, 0.3) is 0 Å². The normalized spacial score (nSPS) is 17.6. The fraction of sp³-hybridized carbons (Fsp3) is 0.364. The number of aromatic nitrogens is 3. The van der Waals surface area contributed by atoms with E-state index in [0.29, 0.717) is 5.78 Å². The number of imidazole rings is 1. The molecule has 0 bridgehead atoms. The predicted octanol–water partition coefficient (Wildman–Crippen LogP) is 1.48. The molecule has 5 heteroatoms. The van der Waals surface area contributed by atoms with Crippen molar-refractivity contribution in [2.24, 2.45) is 0 Å². The van der Waals surface area contributed by atoms with Crippen LogP contribution in [0.5, 0.6) is 0 Å². The molecule has 0 aliphatic heterocycles. The third kappa shape index (κ3) is 1.21. The summed E-state index contributed by atoms with van der Waals surface area (Å²) < 4.78 is 1.79. The molecule has 1 N–H and O–H groups in total. The molecule has 2 heterocycles. The minimum absolute atomic E-state index is 0.0456. The fourth-order valence-corrected chi connectivity index (χ4v) is 1.93. The Balaban J connectivity index is 2.26. The van der Waals surface area contributed by atoms with Gasteiger partial charge in [0.05, 0.1) is 0 Å². The molecule has 1 aliphatic carbocycles. The molecule has 1 fully saturated rings. The Morgan fingerprint density at radius 2 is 2.31 bits per heavy atom. The number of hydrogen-bond acceptors (Lipinski definition) is 3. The van der Waals surface area contributed by atoms with Crippen molar-refractivity contribution in [2.75, 3.05) is 0 Å². The molecule has 0 saturated heterocycles. The molecule has 0 spiro atoms. The second kappa shape index (κ2) is 2.81. The van der Waals surface area contributed by atoms with Gasteiger partial charge >= 0.3 is 5.97 Å². The second-order valence-electron chi connectivity index (χ2n) is 4.49. The maximum Gasteiger partial charge on any atom is 0.356 e. The minimum atomic E-state index is -1.02. The second-order valence-corrected chi connectivity index (χ2v) is 4.49. The Morgan fingerprint density at radius 1 is 1.56 bits per heavy atom. The van der Waals surface area contributed by atoms with Crippen LogP contribution in [0.4, 0.5) is 0 Å². The van der Waals surface area contributed by atoms with Crippen molar-refractivity contribution in [3.05, 3.63) is 29.8 Å². The zero-order valence-corrected chi connectivity index (χ0v) is 8.84. The lowest BCUT2D eigenvalue weighted by molar-refractivity contribution is 0.0691. The van der Waals surface area contributed by atoms with Gasteiger partial charge in [-0.3, -0.25) is 4.40 Å². The summed E-state index contributed by atoms with van der Waals surface area (Å²) in [6.45, 7) is 2.17. The molecule has 1 saturated carbocycles. The molecule has 0 radical (unpaired) electrons. The van der Waals surface area contributed by atoms with E-state index in [1.165, 1.54) is 0 Å². The van der Waals surface area contributed by atoms with Crippen LogP contribution in [-0.4, -0.2) is 25.4 Å². The number of hydrogen-bond donors (Lipinski definition) is 1. The van der Waals surface area contributed by atoms with Crippen LogP contribution in [0.1, 0.15) is 35.9 Å². The van der Waals surface area contributed by atoms with Gasteiger partial charge in [-0.15, -0.1) is 0 Å². The molecule has 2 aromatic rings. The first kappa shape index (κ1) is 9.33. The number of carboxylic acid groups (broad SMARTS) is 1. The molecule has 0 unspecified atom stereocenters. The molecule has 0 amide bonds. The predicted molar refractivity (Wildman–Crippen MR) is 56.5 cm³/mol. The van der Waals surface area contributed by atoms with E-state index >= 15 is 0 Å². The molecular weight excluding hydrogens is 206 g/mol. The van der Waals surface area contributed by atoms with Crippen molar-refractivity contribution < 1.29 is 9.90 Å². The Bertz CT molecular complexity index is 584. The lowest BCUT2D eigenvalue weighted by atomic mass is 10.1. The van der Waals surface area contributed by atoms with E-state index < -0.39 is 5.97 Å². The van der Waals surface area contributed by atoms with Crippen LogP contribution in [0.25, 0.3) is 5.78 Å². The van der Waals surface area contributed by atoms with Crippen LogP contribution in [0, 0.1) is 0 Å². The highest BCUT2D eigenvalue weighted by Crippen LogP contribution is 2.47. The van der Waals surface area contributed by atoms with Crippen LogP contribution >= 0.6 is 0 Å². The van der Waals surface area contributed by atoms with Crippen molar-refractivity contribution in [1.29, 1.82) is 0 Å². The van der Waals surface area contributed by atoms with E-state index in [1.807, 2.05) is 6.07 Å². The van der Waals surface area contributed by atoms with Crippen molar-refractivity contribution in [3.8, 4) is 0 Å². The van der Waals surface area contributed by atoms with Gasteiger partial charge in [-0.1, -0.05) is 6.92 Å². The van der Waals surface area contributed by atoms with Gasteiger partial charge in [0.1, 0.15) is 0 Å². The summed E-state index contributed by atoms with van der Waals surface area (Å²) in [5.41, 5.74) is 1.30. The Kier molecular flexibility index (Phi) is 1.64. The van der Waals surface area contributed by atoms with E-state index in [2.05, 4.69) is 16.9 Å². The maximum absolute atomic E-state index is 10.8. The van der Waals surface area contributed by atoms with Gasteiger partial charge in [-0.25, -0.2) is 14.8 Å². The lowest BCUT2D eigenvalue weighted by Crippen LogP contribution is -2.07. The number of fused-ring (bicyclic) bond motifs is 1. The molecule has 16 heavy (non-hydrogen) atoms. The van der Waals surface area contributed by atoms with Crippen LogP contribution < -0.4 is 0 Å². The van der Waals surface area contributed by atoms with Crippen LogP contribution in [0.2, 0.25) is 0 Å². The zero-order valence-electron chi connectivity index (χ0n) is 8.84. The number of aromatic carboxylic acids is 1. The molecule has 1 aliphatic rings. The molecule has 0 atom stereocenters. The average molecular weight is 217 g/mol. The summed E-state index contributed by atoms with van der Waals surface area (Å²) in [7, 11) is 0. The van der Waals surface area contributed by atoms with E-state index in [0.717, 1.165) is 18.5 Å². The van der Waals surface area contributed by atoms with E-state index in [4.69, 9.17) is 5.11 Å². The summed E-state index contributed by atoms with van der Waals surface area (Å²) in [4.78, 5) is 18.9. The molecule has 2 aromatic heterocycles. The first-order valence-corrected chi connectivity index (χ1v) is 5.18. The van der Waals surface area contributed by atoms with Gasteiger partial charge < -0.3 is 5.11 Å². The summed E-state index contributed by atoms with van der Waals surface area (Å²) in [6, 6.07) is 1.94. The molecular formula is C11H11N3O2. The van der Waals surface area contributed by atoms with Gasteiger partial charge in [-0.2, -0.15) is 0 Å². The summed E-state index contributed by atoms with van der Waals surface area (Å²) in [5.74, 6) is -0.555. The highest BCUT2D eigenvalue weighted by Gasteiger charge is 2.41. The quantitative estimate of drug-likeness (QED) is 0.827. The van der Waals surface area contributed by atoms with Crippen LogP contribution in [0.3, 0.4) is 0 Å².